The Kier molecular flexibility index (Phi) is 5.18. The van der Waals surface area contributed by atoms with Crippen LogP contribution in [0.5, 0.6) is 0 Å². The third-order valence-corrected chi connectivity index (χ3v) is 5.64. The van der Waals surface area contributed by atoms with Crippen LogP contribution < -0.4 is 5.32 Å². The lowest BCUT2D eigenvalue weighted by molar-refractivity contribution is 0.102. The van der Waals surface area contributed by atoms with Crippen molar-refractivity contribution in [3.05, 3.63) is 72.2 Å². The summed E-state index contributed by atoms with van der Waals surface area (Å²) in [6, 6.07) is 13.8. The van der Waals surface area contributed by atoms with Crippen LogP contribution >= 0.6 is 0 Å². The van der Waals surface area contributed by atoms with E-state index in [2.05, 4.69) is 31.3 Å². The highest BCUT2D eigenvalue weighted by molar-refractivity contribution is 6.03. The van der Waals surface area contributed by atoms with E-state index in [0.29, 0.717) is 11.5 Å². The molecule has 1 aliphatic heterocycles. The normalized spacial score (nSPS) is 14.2. The molecule has 7 heteroatoms. The van der Waals surface area contributed by atoms with Gasteiger partial charge in [-0.05, 0) is 55.3 Å². The maximum absolute atomic E-state index is 12.8. The lowest BCUT2D eigenvalue weighted by Gasteiger charge is -2.15. The van der Waals surface area contributed by atoms with E-state index < -0.39 is 0 Å². The van der Waals surface area contributed by atoms with Crippen molar-refractivity contribution < 1.29 is 4.79 Å². The summed E-state index contributed by atoms with van der Waals surface area (Å²) in [4.78, 5) is 24.1. The summed E-state index contributed by atoms with van der Waals surface area (Å²) >= 11 is 0. The number of aryl methyl sites for hydroxylation is 1. The number of likely N-dealkylation sites (tertiary alicyclic amines) is 1. The van der Waals surface area contributed by atoms with Crippen molar-refractivity contribution in [1.29, 1.82) is 0 Å². The second-order valence-electron chi connectivity index (χ2n) is 8.01. The SMILES string of the molecule is Cn1cc(-c2ccc3cnc(NC(=O)c4cccc(CN5CCCC5)c4)nc3c2)cn1. The van der Waals surface area contributed by atoms with Gasteiger partial charge in [0.1, 0.15) is 0 Å². The Balaban J connectivity index is 1.35. The van der Waals surface area contributed by atoms with Crippen LogP contribution in [0.25, 0.3) is 22.0 Å². The summed E-state index contributed by atoms with van der Waals surface area (Å²) in [7, 11) is 1.89. The highest BCUT2D eigenvalue weighted by atomic mass is 16.1. The Morgan fingerprint density at radius 3 is 2.74 bits per heavy atom. The minimum atomic E-state index is -0.203. The minimum absolute atomic E-state index is 0.203. The van der Waals surface area contributed by atoms with Crippen molar-refractivity contribution in [2.24, 2.45) is 7.05 Å². The molecule has 5 rings (SSSR count). The maximum Gasteiger partial charge on any atom is 0.258 e. The molecule has 1 saturated heterocycles. The van der Waals surface area contributed by atoms with E-state index in [1.807, 2.05) is 55.8 Å². The standard InChI is InChI=1S/C24H24N6O/c1-29-16-21(14-26-29)18-7-8-20-13-25-24(27-22(20)12-18)28-23(31)19-6-4-5-17(11-19)15-30-9-2-3-10-30/h4-8,11-14,16H,2-3,9-10,15H2,1H3,(H,25,27,28,31). The van der Waals surface area contributed by atoms with Crippen LogP contribution in [0.4, 0.5) is 5.95 Å². The fraction of sp³-hybridized carbons (Fsp3) is 0.250. The van der Waals surface area contributed by atoms with Gasteiger partial charge >= 0.3 is 0 Å². The van der Waals surface area contributed by atoms with E-state index in [0.717, 1.165) is 47.2 Å². The van der Waals surface area contributed by atoms with E-state index in [9.17, 15) is 4.79 Å². The number of fused-ring (bicyclic) bond motifs is 1. The van der Waals surface area contributed by atoms with Crippen LogP contribution in [-0.4, -0.2) is 43.6 Å². The molecule has 1 aliphatic rings. The van der Waals surface area contributed by atoms with Gasteiger partial charge in [0.25, 0.3) is 5.91 Å². The largest absolute Gasteiger partial charge is 0.299 e. The second kappa shape index (κ2) is 8.28. The predicted molar refractivity (Wildman–Crippen MR) is 121 cm³/mol. The number of benzene rings is 2. The summed E-state index contributed by atoms with van der Waals surface area (Å²) in [5.41, 5.74) is 4.57. The first-order valence-electron chi connectivity index (χ1n) is 10.5. The number of carbonyl (C=O) groups excluding carboxylic acids is 1. The zero-order valence-electron chi connectivity index (χ0n) is 17.5. The molecule has 1 fully saturated rings. The van der Waals surface area contributed by atoms with Gasteiger partial charge in [-0.2, -0.15) is 5.10 Å². The number of nitrogens with zero attached hydrogens (tertiary/aromatic N) is 5. The number of carbonyl (C=O) groups is 1. The molecule has 4 aromatic rings. The first-order chi connectivity index (χ1) is 15.1. The summed E-state index contributed by atoms with van der Waals surface area (Å²) < 4.78 is 1.77. The summed E-state index contributed by atoms with van der Waals surface area (Å²) in [6.07, 6.45) is 8.01. The highest BCUT2D eigenvalue weighted by Gasteiger charge is 2.14. The van der Waals surface area contributed by atoms with Gasteiger partial charge in [0.05, 0.1) is 11.7 Å². The minimum Gasteiger partial charge on any atom is -0.299 e. The van der Waals surface area contributed by atoms with Gasteiger partial charge in [0, 0.05) is 42.5 Å². The first-order valence-corrected chi connectivity index (χ1v) is 10.5. The Hall–Kier alpha value is -3.58. The Morgan fingerprint density at radius 2 is 1.94 bits per heavy atom. The average Bonchev–Trinajstić information content (AvgIpc) is 3.45. The van der Waals surface area contributed by atoms with Gasteiger partial charge in [-0.25, -0.2) is 9.97 Å². The second-order valence-corrected chi connectivity index (χ2v) is 8.01. The maximum atomic E-state index is 12.8. The molecule has 2 aromatic heterocycles. The number of rotatable bonds is 5. The number of anilines is 1. The summed E-state index contributed by atoms with van der Waals surface area (Å²) in [6.45, 7) is 3.13. The lowest BCUT2D eigenvalue weighted by atomic mass is 10.1. The van der Waals surface area contributed by atoms with E-state index in [4.69, 9.17) is 0 Å². The van der Waals surface area contributed by atoms with Crippen molar-refractivity contribution in [2.45, 2.75) is 19.4 Å². The van der Waals surface area contributed by atoms with Crippen LogP contribution in [0.3, 0.4) is 0 Å². The van der Waals surface area contributed by atoms with Gasteiger partial charge in [0.15, 0.2) is 0 Å². The monoisotopic (exact) mass is 412 g/mol. The summed E-state index contributed by atoms with van der Waals surface area (Å²) in [5, 5.41) is 7.99. The Morgan fingerprint density at radius 1 is 1.06 bits per heavy atom. The number of aromatic nitrogens is 4. The van der Waals surface area contributed by atoms with Gasteiger partial charge in [-0.15, -0.1) is 0 Å². The topological polar surface area (TPSA) is 75.9 Å². The third kappa shape index (κ3) is 4.32. The molecular formula is C24H24N6O. The van der Waals surface area contributed by atoms with Crippen molar-refractivity contribution in [2.75, 3.05) is 18.4 Å². The molecule has 7 nitrogen and oxygen atoms in total. The number of amides is 1. The van der Waals surface area contributed by atoms with Crippen LogP contribution in [-0.2, 0) is 13.6 Å². The molecular weight excluding hydrogens is 388 g/mol. The predicted octanol–water partition coefficient (Wildman–Crippen LogP) is 3.88. The Bertz CT molecular complexity index is 1240. The molecule has 0 bridgehead atoms. The van der Waals surface area contributed by atoms with Crippen molar-refractivity contribution in [1.82, 2.24) is 24.6 Å². The van der Waals surface area contributed by atoms with E-state index >= 15 is 0 Å². The number of hydrogen-bond donors (Lipinski definition) is 1. The third-order valence-electron chi connectivity index (χ3n) is 5.64. The molecule has 1 N–H and O–H groups in total. The average molecular weight is 412 g/mol. The van der Waals surface area contributed by atoms with Crippen LogP contribution in [0, 0.1) is 0 Å². The molecule has 156 valence electrons. The van der Waals surface area contributed by atoms with Crippen LogP contribution in [0.15, 0.2) is 61.1 Å². The molecule has 0 spiro atoms. The van der Waals surface area contributed by atoms with Gasteiger partial charge < -0.3 is 0 Å². The lowest BCUT2D eigenvalue weighted by Crippen LogP contribution is -2.19. The quantitative estimate of drug-likeness (QED) is 0.538. The van der Waals surface area contributed by atoms with E-state index in [1.165, 1.54) is 12.8 Å². The smallest absolute Gasteiger partial charge is 0.258 e. The highest BCUT2D eigenvalue weighted by Crippen LogP contribution is 2.23. The molecule has 0 unspecified atom stereocenters. The zero-order chi connectivity index (χ0) is 21.2. The van der Waals surface area contributed by atoms with E-state index in [1.54, 1.807) is 10.9 Å². The molecule has 31 heavy (non-hydrogen) atoms. The molecule has 0 atom stereocenters. The molecule has 3 heterocycles. The Labute approximate surface area is 180 Å². The molecule has 2 aromatic carbocycles. The number of nitrogens with one attached hydrogen (secondary N) is 1. The van der Waals surface area contributed by atoms with Crippen LogP contribution in [0.2, 0.25) is 0 Å². The first kappa shape index (κ1) is 19.4. The van der Waals surface area contributed by atoms with Crippen molar-refractivity contribution in [3.63, 3.8) is 0 Å². The van der Waals surface area contributed by atoms with Crippen LogP contribution in [0.1, 0.15) is 28.8 Å². The molecule has 1 amide bonds. The summed E-state index contributed by atoms with van der Waals surface area (Å²) in [5.74, 6) is 0.0943. The molecule has 0 aliphatic carbocycles. The van der Waals surface area contributed by atoms with Gasteiger partial charge in [0.2, 0.25) is 5.95 Å². The van der Waals surface area contributed by atoms with Crippen molar-refractivity contribution >= 4 is 22.8 Å². The fourth-order valence-electron chi connectivity index (χ4n) is 4.02. The molecule has 0 saturated carbocycles. The number of hydrogen-bond acceptors (Lipinski definition) is 5. The van der Waals surface area contributed by atoms with E-state index in [-0.39, 0.29) is 5.91 Å². The zero-order valence-corrected chi connectivity index (χ0v) is 17.5. The molecule has 0 radical (unpaired) electrons. The van der Waals surface area contributed by atoms with Gasteiger partial charge in [-0.3, -0.25) is 19.7 Å². The fourth-order valence-corrected chi connectivity index (χ4v) is 4.02. The van der Waals surface area contributed by atoms with Gasteiger partial charge in [-0.1, -0.05) is 24.3 Å². The van der Waals surface area contributed by atoms with Crippen molar-refractivity contribution in [3.8, 4) is 11.1 Å².